The van der Waals surface area contributed by atoms with E-state index in [4.69, 9.17) is 10.8 Å². The second-order valence-corrected chi connectivity index (χ2v) is 2.23. The zero-order valence-electron chi connectivity index (χ0n) is 5.00. The SMILES string of the molecule is NC(=O)[C@H]1CNC[C@@H]1O. The van der Waals surface area contributed by atoms with Gasteiger partial charge in [0.2, 0.25) is 5.91 Å². The molecule has 9 heavy (non-hydrogen) atoms. The van der Waals surface area contributed by atoms with Crippen molar-refractivity contribution in [2.45, 2.75) is 6.10 Å². The van der Waals surface area contributed by atoms with Crippen molar-refractivity contribution in [1.29, 1.82) is 0 Å². The van der Waals surface area contributed by atoms with Crippen LogP contribution in [-0.2, 0) is 4.79 Å². The van der Waals surface area contributed by atoms with Crippen molar-refractivity contribution in [3.63, 3.8) is 0 Å². The molecule has 0 spiro atoms. The first-order valence-corrected chi connectivity index (χ1v) is 2.90. The molecule has 1 heterocycles. The van der Waals surface area contributed by atoms with Gasteiger partial charge in [0.1, 0.15) is 0 Å². The van der Waals surface area contributed by atoms with Gasteiger partial charge in [0.25, 0.3) is 0 Å². The molecule has 1 saturated heterocycles. The maximum Gasteiger partial charge on any atom is 0.224 e. The average molecular weight is 130 g/mol. The average Bonchev–Trinajstić information content (AvgIpc) is 2.13. The van der Waals surface area contributed by atoms with E-state index in [1.807, 2.05) is 0 Å². The molecule has 0 bridgehead atoms. The number of carbonyl (C=O) groups excluding carboxylic acids is 1. The Labute approximate surface area is 53.0 Å². The Kier molecular flexibility index (Phi) is 1.68. The van der Waals surface area contributed by atoms with Crippen LogP contribution in [0.2, 0.25) is 0 Å². The summed E-state index contributed by atoms with van der Waals surface area (Å²) in [6, 6.07) is 0. The third kappa shape index (κ3) is 1.20. The fourth-order valence-corrected chi connectivity index (χ4v) is 0.955. The number of β-amino-alcohol motifs (C(OH)–C–C–N with tert-alkyl or cyclic N) is 1. The molecule has 1 amide bonds. The van der Waals surface area contributed by atoms with Crippen molar-refractivity contribution < 1.29 is 9.90 Å². The molecule has 0 saturated carbocycles. The lowest BCUT2D eigenvalue weighted by Gasteiger charge is -2.06. The van der Waals surface area contributed by atoms with Crippen molar-refractivity contribution in [2.75, 3.05) is 13.1 Å². The van der Waals surface area contributed by atoms with Gasteiger partial charge in [-0.15, -0.1) is 0 Å². The number of primary amides is 1. The van der Waals surface area contributed by atoms with Crippen LogP contribution in [0, 0.1) is 5.92 Å². The molecule has 0 aromatic carbocycles. The molecule has 1 aliphatic rings. The Bertz CT molecular complexity index is 126. The predicted octanol–water partition coefficient (Wildman–Crippen LogP) is -1.95. The monoisotopic (exact) mass is 130 g/mol. The van der Waals surface area contributed by atoms with Crippen LogP contribution in [0.4, 0.5) is 0 Å². The third-order valence-electron chi connectivity index (χ3n) is 1.55. The Hall–Kier alpha value is -0.610. The van der Waals surface area contributed by atoms with Crippen molar-refractivity contribution in [3.05, 3.63) is 0 Å². The maximum atomic E-state index is 10.4. The lowest BCUT2D eigenvalue weighted by Crippen LogP contribution is -2.32. The van der Waals surface area contributed by atoms with Crippen molar-refractivity contribution in [2.24, 2.45) is 11.7 Å². The van der Waals surface area contributed by atoms with Crippen LogP contribution < -0.4 is 11.1 Å². The third-order valence-corrected chi connectivity index (χ3v) is 1.55. The molecule has 52 valence electrons. The van der Waals surface area contributed by atoms with Gasteiger partial charge in [0.05, 0.1) is 12.0 Å². The number of hydrogen-bond donors (Lipinski definition) is 3. The Morgan fingerprint density at radius 3 is 2.56 bits per heavy atom. The summed E-state index contributed by atoms with van der Waals surface area (Å²) in [5.41, 5.74) is 4.95. The first-order valence-electron chi connectivity index (χ1n) is 2.90. The molecule has 0 aliphatic carbocycles. The van der Waals surface area contributed by atoms with Crippen molar-refractivity contribution in [3.8, 4) is 0 Å². The normalized spacial score (nSPS) is 34.8. The van der Waals surface area contributed by atoms with Crippen LogP contribution in [0.25, 0.3) is 0 Å². The molecule has 4 nitrogen and oxygen atoms in total. The van der Waals surface area contributed by atoms with E-state index < -0.39 is 12.0 Å². The van der Waals surface area contributed by atoms with Crippen molar-refractivity contribution in [1.82, 2.24) is 5.32 Å². The molecule has 1 fully saturated rings. The molecule has 0 aromatic rings. The quantitative estimate of drug-likeness (QED) is 0.386. The van der Waals surface area contributed by atoms with E-state index >= 15 is 0 Å². The first-order chi connectivity index (χ1) is 4.22. The van der Waals surface area contributed by atoms with E-state index in [2.05, 4.69) is 5.32 Å². The number of aliphatic hydroxyl groups excluding tert-OH is 1. The molecular formula is C5H10N2O2. The second kappa shape index (κ2) is 2.33. The standard InChI is InChI=1S/C5H10N2O2/c6-5(9)3-1-7-2-4(3)8/h3-4,7-8H,1-2H2,(H2,6,9)/t3-,4-/m0/s1. The number of hydrogen-bond acceptors (Lipinski definition) is 3. The lowest BCUT2D eigenvalue weighted by molar-refractivity contribution is -0.123. The summed E-state index contributed by atoms with van der Waals surface area (Å²) in [6.07, 6.45) is -0.581. The van der Waals surface area contributed by atoms with Gasteiger partial charge in [-0.1, -0.05) is 0 Å². The minimum atomic E-state index is -0.581. The maximum absolute atomic E-state index is 10.4. The topological polar surface area (TPSA) is 75.4 Å². The molecule has 4 N–H and O–H groups in total. The summed E-state index contributed by atoms with van der Waals surface area (Å²) in [4.78, 5) is 10.4. The smallest absolute Gasteiger partial charge is 0.224 e. The molecule has 0 unspecified atom stereocenters. The van der Waals surface area contributed by atoms with Gasteiger partial charge in [-0.2, -0.15) is 0 Å². The van der Waals surface area contributed by atoms with E-state index in [-0.39, 0.29) is 5.92 Å². The van der Waals surface area contributed by atoms with Gasteiger partial charge >= 0.3 is 0 Å². The summed E-state index contributed by atoms with van der Waals surface area (Å²) in [7, 11) is 0. The zero-order chi connectivity index (χ0) is 6.85. The van der Waals surface area contributed by atoms with Crippen LogP contribution in [0.3, 0.4) is 0 Å². The molecule has 4 heteroatoms. The Morgan fingerprint density at radius 1 is 1.67 bits per heavy atom. The van der Waals surface area contributed by atoms with E-state index in [9.17, 15) is 4.79 Å². The summed E-state index contributed by atoms with van der Waals surface area (Å²) in [5.74, 6) is -0.808. The van der Waals surface area contributed by atoms with Gasteiger partial charge in [0, 0.05) is 13.1 Å². The van der Waals surface area contributed by atoms with Crippen LogP contribution in [-0.4, -0.2) is 30.2 Å². The Morgan fingerprint density at radius 2 is 2.33 bits per heavy atom. The van der Waals surface area contributed by atoms with Crippen molar-refractivity contribution >= 4 is 5.91 Å². The highest BCUT2D eigenvalue weighted by atomic mass is 16.3. The molecule has 2 atom stereocenters. The van der Waals surface area contributed by atoms with Crippen LogP contribution >= 0.6 is 0 Å². The van der Waals surface area contributed by atoms with Gasteiger partial charge in [-0.05, 0) is 0 Å². The highest BCUT2D eigenvalue weighted by Crippen LogP contribution is 2.06. The molecule has 1 aliphatic heterocycles. The number of aliphatic hydroxyl groups is 1. The first kappa shape index (κ1) is 6.51. The largest absolute Gasteiger partial charge is 0.391 e. The van der Waals surface area contributed by atoms with E-state index in [0.717, 1.165) is 0 Å². The van der Waals surface area contributed by atoms with Crippen LogP contribution in [0.5, 0.6) is 0 Å². The summed E-state index contributed by atoms with van der Waals surface area (Å²) < 4.78 is 0. The molecule has 1 rings (SSSR count). The molecule has 0 radical (unpaired) electrons. The number of carbonyl (C=O) groups is 1. The number of rotatable bonds is 1. The summed E-state index contributed by atoms with van der Waals surface area (Å²) in [5, 5.41) is 11.8. The minimum Gasteiger partial charge on any atom is -0.391 e. The minimum absolute atomic E-state index is 0.384. The van der Waals surface area contributed by atoms with Crippen LogP contribution in [0.15, 0.2) is 0 Å². The lowest BCUT2D eigenvalue weighted by atomic mass is 10.1. The number of amides is 1. The van der Waals surface area contributed by atoms with E-state index in [0.29, 0.717) is 13.1 Å². The predicted molar refractivity (Wildman–Crippen MR) is 31.6 cm³/mol. The highest BCUT2D eigenvalue weighted by molar-refractivity contribution is 5.77. The van der Waals surface area contributed by atoms with Gasteiger partial charge in [-0.25, -0.2) is 0 Å². The molecule has 0 aromatic heterocycles. The van der Waals surface area contributed by atoms with Crippen LogP contribution in [0.1, 0.15) is 0 Å². The highest BCUT2D eigenvalue weighted by Gasteiger charge is 2.29. The van der Waals surface area contributed by atoms with E-state index in [1.54, 1.807) is 0 Å². The summed E-state index contributed by atoms with van der Waals surface area (Å²) in [6.45, 7) is 0.990. The van der Waals surface area contributed by atoms with E-state index in [1.165, 1.54) is 0 Å². The van der Waals surface area contributed by atoms with Gasteiger partial charge in [0.15, 0.2) is 0 Å². The fourth-order valence-electron chi connectivity index (χ4n) is 0.955. The summed E-state index contributed by atoms with van der Waals surface area (Å²) >= 11 is 0. The fraction of sp³-hybridized carbons (Fsp3) is 0.800. The second-order valence-electron chi connectivity index (χ2n) is 2.23. The van der Waals surface area contributed by atoms with Gasteiger partial charge < -0.3 is 16.2 Å². The molecular weight excluding hydrogens is 120 g/mol. The Balaban J connectivity index is 2.49. The van der Waals surface area contributed by atoms with Gasteiger partial charge in [-0.3, -0.25) is 4.79 Å². The number of nitrogens with one attached hydrogen (secondary N) is 1. The number of nitrogens with two attached hydrogens (primary N) is 1. The zero-order valence-corrected chi connectivity index (χ0v) is 5.00.